The van der Waals surface area contributed by atoms with Crippen molar-refractivity contribution >= 4 is 23.1 Å². The molecule has 0 saturated heterocycles. The van der Waals surface area contributed by atoms with Gasteiger partial charge in [-0.15, -0.1) is 23.1 Å². The zero-order valence-electron chi connectivity index (χ0n) is 9.87. The van der Waals surface area contributed by atoms with Crippen molar-refractivity contribution in [2.24, 2.45) is 5.73 Å². The molecule has 2 rings (SSSR count). The summed E-state index contributed by atoms with van der Waals surface area (Å²) >= 11 is 3.47. The molecule has 0 fully saturated rings. The molecule has 1 heterocycles. The minimum atomic E-state index is -0.883. The van der Waals surface area contributed by atoms with Crippen molar-refractivity contribution in [2.45, 2.75) is 16.2 Å². The molecule has 1 aromatic carbocycles. The maximum Gasteiger partial charge on any atom is 0.130 e. The second-order valence-corrected chi connectivity index (χ2v) is 6.32. The summed E-state index contributed by atoms with van der Waals surface area (Å²) in [6, 6.07) is 16.0. The average Bonchev–Trinajstić information content (AvgIpc) is 2.93. The van der Waals surface area contributed by atoms with E-state index in [1.807, 2.05) is 36.4 Å². The first kappa shape index (κ1) is 13.2. The lowest BCUT2D eigenvalue weighted by Gasteiger charge is -2.21. The molecule has 18 heavy (non-hydrogen) atoms. The van der Waals surface area contributed by atoms with Crippen LogP contribution in [-0.2, 0) is 5.54 Å². The lowest BCUT2D eigenvalue weighted by Crippen LogP contribution is -2.35. The normalized spacial score (nSPS) is 13.8. The van der Waals surface area contributed by atoms with E-state index in [-0.39, 0.29) is 0 Å². The Morgan fingerprint density at radius 1 is 1.22 bits per heavy atom. The van der Waals surface area contributed by atoms with Gasteiger partial charge in [0, 0.05) is 5.75 Å². The second-order valence-electron chi connectivity index (χ2n) is 3.98. The van der Waals surface area contributed by atoms with Crippen molar-refractivity contribution in [1.29, 1.82) is 5.26 Å². The number of thioether (sulfide) groups is 1. The number of nitrogens with two attached hydrogens (primary N) is 1. The topological polar surface area (TPSA) is 49.8 Å². The summed E-state index contributed by atoms with van der Waals surface area (Å²) in [6.45, 7) is 0. The van der Waals surface area contributed by atoms with Crippen LogP contribution in [0.15, 0.2) is 52.1 Å². The summed E-state index contributed by atoms with van der Waals surface area (Å²) in [5.74, 6) is 0.847. The molecule has 0 amide bonds. The standard InChI is InChI=1S/C14H14N2S2/c15-11-14(16,12-5-2-1-3-6-12)8-10-18-13-7-4-9-17-13/h1-7,9H,8,10,16H2. The lowest BCUT2D eigenvalue weighted by molar-refractivity contribution is 0.560. The van der Waals surface area contributed by atoms with Gasteiger partial charge in [-0.2, -0.15) is 5.26 Å². The van der Waals surface area contributed by atoms with Gasteiger partial charge in [0.2, 0.25) is 0 Å². The molecule has 0 aliphatic heterocycles. The molecule has 2 nitrogen and oxygen atoms in total. The van der Waals surface area contributed by atoms with Gasteiger partial charge in [0.1, 0.15) is 5.54 Å². The average molecular weight is 274 g/mol. The summed E-state index contributed by atoms with van der Waals surface area (Å²) in [4.78, 5) is 0. The third kappa shape index (κ3) is 3.14. The summed E-state index contributed by atoms with van der Waals surface area (Å²) < 4.78 is 1.27. The van der Waals surface area contributed by atoms with Crippen molar-refractivity contribution in [3.63, 3.8) is 0 Å². The summed E-state index contributed by atoms with van der Waals surface area (Å²) in [7, 11) is 0. The predicted molar refractivity (Wildman–Crippen MR) is 77.6 cm³/mol. The van der Waals surface area contributed by atoms with Crippen molar-refractivity contribution in [2.75, 3.05) is 5.75 Å². The van der Waals surface area contributed by atoms with Gasteiger partial charge in [0.15, 0.2) is 0 Å². The van der Waals surface area contributed by atoms with E-state index >= 15 is 0 Å². The van der Waals surface area contributed by atoms with Gasteiger partial charge >= 0.3 is 0 Å². The molecular weight excluding hydrogens is 260 g/mol. The van der Waals surface area contributed by atoms with Gasteiger partial charge < -0.3 is 5.73 Å². The van der Waals surface area contributed by atoms with Gasteiger partial charge in [0.25, 0.3) is 0 Å². The van der Waals surface area contributed by atoms with Crippen LogP contribution in [0.5, 0.6) is 0 Å². The van der Waals surface area contributed by atoms with Crippen LogP contribution in [0.1, 0.15) is 12.0 Å². The maximum absolute atomic E-state index is 9.31. The molecule has 0 spiro atoms. The molecule has 0 bridgehead atoms. The minimum absolute atomic E-state index is 0.649. The SMILES string of the molecule is N#CC(N)(CCSc1cccs1)c1ccccc1. The molecule has 0 saturated carbocycles. The first-order valence-corrected chi connectivity index (χ1v) is 7.53. The Morgan fingerprint density at radius 3 is 2.61 bits per heavy atom. The quantitative estimate of drug-likeness (QED) is 0.847. The highest BCUT2D eigenvalue weighted by Gasteiger charge is 2.26. The van der Waals surface area contributed by atoms with Gasteiger partial charge in [-0.1, -0.05) is 36.4 Å². The van der Waals surface area contributed by atoms with Crippen LogP contribution in [0.2, 0.25) is 0 Å². The van der Waals surface area contributed by atoms with Crippen molar-refractivity contribution in [3.8, 4) is 6.07 Å². The molecule has 1 aromatic heterocycles. The molecule has 0 aliphatic carbocycles. The molecular formula is C14H14N2S2. The van der Waals surface area contributed by atoms with Crippen LogP contribution in [0, 0.1) is 11.3 Å². The summed E-state index contributed by atoms with van der Waals surface area (Å²) in [5.41, 5.74) is 6.19. The molecule has 92 valence electrons. The van der Waals surface area contributed by atoms with Crippen LogP contribution in [0.25, 0.3) is 0 Å². The van der Waals surface area contributed by atoms with Crippen molar-refractivity contribution in [3.05, 3.63) is 53.4 Å². The van der Waals surface area contributed by atoms with E-state index in [1.54, 1.807) is 23.1 Å². The molecule has 2 aromatic rings. The molecule has 0 aliphatic rings. The number of hydrogen-bond acceptors (Lipinski definition) is 4. The summed E-state index contributed by atoms with van der Waals surface area (Å²) in [5, 5.41) is 11.4. The van der Waals surface area contributed by atoms with E-state index in [9.17, 15) is 5.26 Å². The van der Waals surface area contributed by atoms with Crippen LogP contribution in [0.3, 0.4) is 0 Å². The fraction of sp³-hybridized carbons (Fsp3) is 0.214. The van der Waals surface area contributed by atoms with Gasteiger partial charge in [-0.05, 0) is 23.4 Å². The predicted octanol–water partition coefficient (Wildman–Crippen LogP) is 3.61. The van der Waals surface area contributed by atoms with E-state index in [1.165, 1.54) is 4.21 Å². The van der Waals surface area contributed by atoms with Crippen LogP contribution < -0.4 is 5.73 Å². The summed E-state index contributed by atoms with van der Waals surface area (Å²) in [6.07, 6.45) is 0.649. The van der Waals surface area contributed by atoms with E-state index in [0.29, 0.717) is 6.42 Å². The Balaban J connectivity index is 1.99. The number of nitriles is 1. The number of thiophene rings is 1. The van der Waals surface area contributed by atoms with E-state index < -0.39 is 5.54 Å². The molecule has 2 N–H and O–H groups in total. The monoisotopic (exact) mass is 274 g/mol. The zero-order valence-corrected chi connectivity index (χ0v) is 11.5. The first-order valence-electron chi connectivity index (χ1n) is 5.66. The van der Waals surface area contributed by atoms with E-state index in [0.717, 1.165) is 11.3 Å². The zero-order chi connectivity index (χ0) is 12.8. The first-order chi connectivity index (χ1) is 8.74. The van der Waals surface area contributed by atoms with Crippen LogP contribution >= 0.6 is 23.1 Å². The molecule has 0 radical (unpaired) electrons. The van der Waals surface area contributed by atoms with Crippen molar-refractivity contribution in [1.82, 2.24) is 0 Å². The van der Waals surface area contributed by atoms with Crippen LogP contribution in [-0.4, -0.2) is 5.75 Å². The van der Waals surface area contributed by atoms with Crippen molar-refractivity contribution < 1.29 is 0 Å². The third-order valence-corrected chi connectivity index (χ3v) is 4.86. The highest BCUT2D eigenvalue weighted by Crippen LogP contribution is 2.28. The Hall–Kier alpha value is -1.28. The molecule has 1 unspecified atom stereocenters. The largest absolute Gasteiger partial charge is 0.310 e. The highest BCUT2D eigenvalue weighted by atomic mass is 32.2. The Kier molecular flexibility index (Phi) is 4.43. The van der Waals surface area contributed by atoms with Gasteiger partial charge in [-0.25, -0.2) is 0 Å². The minimum Gasteiger partial charge on any atom is -0.310 e. The number of hydrogen-bond donors (Lipinski definition) is 1. The Bertz CT molecular complexity index is 516. The molecule has 4 heteroatoms. The highest BCUT2D eigenvalue weighted by molar-refractivity contribution is 8.01. The lowest BCUT2D eigenvalue weighted by atomic mass is 9.90. The van der Waals surface area contributed by atoms with Gasteiger partial charge in [0.05, 0.1) is 10.3 Å². The second kappa shape index (κ2) is 6.05. The number of benzene rings is 1. The third-order valence-electron chi connectivity index (χ3n) is 2.72. The van der Waals surface area contributed by atoms with E-state index in [2.05, 4.69) is 17.5 Å². The van der Waals surface area contributed by atoms with Crippen LogP contribution in [0.4, 0.5) is 0 Å². The Morgan fingerprint density at radius 2 is 2.00 bits per heavy atom. The van der Waals surface area contributed by atoms with Gasteiger partial charge in [-0.3, -0.25) is 0 Å². The Labute approximate surface area is 115 Å². The maximum atomic E-state index is 9.31. The number of rotatable bonds is 5. The van der Waals surface area contributed by atoms with E-state index in [4.69, 9.17) is 5.73 Å². The molecule has 1 atom stereocenters. The number of nitrogens with zero attached hydrogens (tertiary/aromatic N) is 1. The fourth-order valence-electron chi connectivity index (χ4n) is 1.66. The smallest absolute Gasteiger partial charge is 0.130 e. The fourth-order valence-corrected chi connectivity index (χ4v) is 3.60.